The molecule has 1 unspecified atom stereocenters. The van der Waals surface area contributed by atoms with Crippen molar-refractivity contribution in [1.82, 2.24) is 4.90 Å². The molecule has 0 aliphatic carbocycles. The first-order chi connectivity index (χ1) is 8.50. The van der Waals surface area contributed by atoms with E-state index in [2.05, 4.69) is 18.7 Å². The molecule has 0 saturated carbocycles. The van der Waals surface area contributed by atoms with Gasteiger partial charge in [-0.2, -0.15) is 0 Å². The van der Waals surface area contributed by atoms with Crippen LogP contribution in [0.15, 0.2) is 24.3 Å². The van der Waals surface area contributed by atoms with Gasteiger partial charge in [-0.05, 0) is 63.9 Å². The Morgan fingerprint density at radius 3 is 2.33 bits per heavy atom. The van der Waals surface area contributed by atoms with Gasteiger partial charge in [0, 0.05) is 11.6 Å². The molecule has 100 valence electrons. The van der Waals surface area contributed by atoms with Crippen molar-refractivity contribution in [3.63, 3.8) is 0 Å². The van der Waals surface area contributed by atoms with Crippen molar-refractivity contribution in [2.45, 2.75) is 44.7 Å². The minimum atomic E-state index is -0.189. The van der Waals surface area contributed by atoms with Crippen molar-refractivity contribution in [3.8, 4) is 0 Å². The van der Waals surface area contributed by atoms with Crippen molar-refractivity contribution in [2.24, 2.45) is 5.73 Å². The summed E-state index contributed by atoms with van der Waals surface area (Å²) in [6.45, 7) is 6.72. The number of nitrogens with two attached hydrogens (primary N) is 1. The summed E-state index contributed by atoms with van der Waals surface area (Å²) in [7, 11) is 0. The first-order valence-electron chi connectivity index (χ1n) is 6.75. The molecule has 0 bridgehead atoms. The van der Waals surface area contributed by atoms with Crippen LogP contribution in [-0.4, -0.2) is 29.6 Å². The van der Waals surface area contributed by atoms with Gasteiger partial charge >= 0.3 is 0 Å². The predicted octanol–water partition coefficient (Wildman–Crippen LogP) is 2.57. The first-order valence-corrected chi connectivity index (χ1v) is 6.75. The number of halogens is 1. The van der Waals surface area contributed by atoms with E-state index in [1.165, 1.54) is 25.0 Å². The number of benzene rings is 1. The van der Waals surface area contributed by atoms with E-state index in [9.17, 15) is 4.39 Å². The lowest BCUT2D eigenvalue weighted by molar-refractivity contribution is 0.123. The minimum Gasteiger partial charge on any atom is -0.326 e. The molecule has 0 radical (unpaired) electrons. The van der Waals surface area contributed by atoms with Gasteiger partial charge in [0.15, 0.2) is 0 Å². The first kappa shape index (κ1) is 13.5. The summed E-state index contributed by atoms with van der Waals surface area (Å²) < 4.78 is 12.9. The molecule has 1 aromatic rings. The Kier molecular flexibility index (Phi) is 4.03. The number of rotatable bonds is 4. The van der Waals surface area contributed by atoms with Gasteiger partial charge in [0.25, 0.3) is 0 Å². The normalized spacial score (nSPS) is 19.1. The zero-order chi connectivity index (χ0) is 13.2. The second kappa shape index (κ2) is 5.37. The van der Waals surface area contributed by atoms with E-state index in [0.717, 1.165) is 25.1 Å². The summed E-state index contributed by atoms with van der Waals surface area (Å²) in [6.07, 6.45) is 3.34. The topological polar surface area (TPSA) is 29.3 Å². The van der Waals surface area contributed by atoms with Gasteiger partial charge in [0.2, 0.25) is 0 Å². The van der Waals surface area contributed by atoms with Crippen LogP contribution in [0.5, 0.6) is 0 Å². The van der Waals surface area contributed by atoms with E-state index in [4.69, 9.17) is 5.73 Å². The molecule has 0 spiro atoms. The summed E-state index contributed by atoms with van der Waals surface area (Å²) in [4.78, 5) is 2.47. The van der Waals surface area contributed by atoms with E-state index >= 15 is 0 Å². The monoisotopic (exact) mass is 250 g/mol. The quantitative estimate of drug-likeness (QED) is 0.890. The molecular formula is C15H23FN2. The Morgan fingerprint density at radius 1 is 1.22 bits per heavy atom. The van der Waals surface area contributed by atoms with E-state index in [-0.39, 0.29) is 17.4 Å². The van der Waals surface area contributed by atoms with Crippen LogP contribution in [0.3, 0.4) is 0 Å². The Labute approximate surface area is 109 Å². The molecule has 1 atom stereocenters. The van der Waals surface area contributed by atoms with E-state index in [1.54, 1.807) is 0 Å². The maximum Gasteiger partial charge on any atom is 0.123 e. The van der Waals surface area contributed by atoms with Crippen LogP contribution in [0, 0.1) is 5.82 Å². The zero-order valence-electron chi connectivity index (χ0n) is 11.3. The molecule has 0 amide bonds. The third-order valence-corrected chi connectivity index (χ3v) is 4.20. The Morgan fingerprint density at radius 2 is 1.78 bits per heavy atom. The second-order valence-electron chi connectivity index (χ2n) is 5.78. The van der Waals surface area contributed by atoms with Crippen LogP contribution < -0.4 is 5.73 Å². The Hall–Kier alpha value is -0.930. The van der Waals surface area contributed by atoms with Crippen molar-refractivity contribution >= 4 is 0 Å². The average molecular weight is 250 g/mol. The highest BCUT2D eigenvalue weighted by atomic mass is 19.1. The molecule has 18 heavy (non-hydrogen) atoms. The highest BCUT2D eigenvalue weighted by Gasteiger charge is 2.34. The zero-order valence-corrected chi connectivity index (χ0v) is 11.3. The van der Waals surface area contributed by atoms with Crippen molar-refractivity contribution in [2.75, 3.05) is 13.1 Å². The molecule has 1 aliphatic rings. The molecule has 1 aliphatic heterocycles. The van der Waals surface area contributed by atoms with Crippen LogP contribution in [0.25, 0.3) is 0 Å². The maximum atomic E-state index is 12.9. The summed E-state index contributed by atoms with van der Waals surface area (Å²) in [5.41, 5.74) is 7.48. The van der Waals surface area contributed by atoms with E-state index in [1.807, 2.05) is 12.1 Å². The second-order valence-corrected chi connectivity index (χ2v) is 5.78. The van der Waals surface area contributed by atoms with Gasteiger partial charge in [-0.15, -0.1) is 0 Å². The van der Waals surface area contributed by atoms with Gasteiger partial charge in [-0.1, -0.05) is 12.1 Å². The van der Waals surface area contributed by atoms with Gasteiger partial charge in [0.05, 0.1) is 0 Å². The molecule has 0 aromatic heterocycles. The summed E-state index contributed by atoms with van der Waals surface area (Å²) in [5, 5.41) is 0. The average Bonchev–Trinajstić information content (AvgIpc) is 2.86. The standard InChI is InChI=1S/C15H23FN2/c1-15(2,18-9-3-4-10-18)14(17)11-12-5-7-13(16)8-6-12/h5-8,14H,3-4,9-11,17H2,1-2H3. The molecule has 1 saturated heterocycles. The summed E-state index contributed by atoms with van der Waals surface area (Å²) >= 11 is 0. The van der Waals surface area contributed by atoms with Crippen LogP contribution in [-0.2, 0) is 6.42 Å². The third kappa shape index (κ3) is 2.90. The van der Waals surface area contributed by atoms with Crippen LogP contribution in [0.4, 0.5) is 4.39 Å². The largest absolute Gasteiger partial charge is 0.326 e. The fourth-order valence-electron chi connectivity index (χ4n) is 2.65. The van der Waals surface area contributed by atoms with Gasteiger partial charge in [0.1, 0.15) is 5.82 Å². The molecule has 2 N–H and O–H groups in total. The fourth-order valence-corrected chi connectivity index (χ4v) is 2.65. The number of hydrogen-bond donors (Lipinski definition) is 1. The van der Waals surface area contributed by atoms with Crippen molar-refractivity contribution in [3.05, 3.63) is 35.6 Å². The number of hydrogen-bond acceptors (Lipinski definition) is 2. The van der Waals surface area contributed by atoms with Gasteiger partial charge in [-0.3, -0.25) is 4.90 Å². The van der Waals surface area contributed by atoms with Crippen LogP contribution in [0.1, 0.15) is 32.3 Å². The van der Waals surface area contributed by atoms with Crippen LogP contribution in [0.2, 0.25) is 0 Å². The highest BCUT2D eigenvalue weighted by molar-refractivity contribution is 5.18. The third-order valence-electron chi connectivity index (χ3n) is 4.20. The predicted molar refractivity (Wildman–Crippen MR) is 73.0 cm³/mol. The SMILES string of the molecule is CC(C)(C(N)Cc1ccc(F)cc1)N1CCCC1. The van der Waals surface area contributed by atoms with E-state index < -0.39 is 0 Å². The minimum absolute atomic E-state index is 0.00485. The Bertz CT molecular complexity index is 380. The van der Waals surface area contributed by atoms with E-state index in [0.29, 0.717) is 0 Å². The highest BCUT2D eigenvalue weighted by Crippen LogP contribution is 2.25. The van der Waals surface area contributed by atoms with Gasteiger partial charge in [-0.25, -0.2) is 4.39 Å². The lowest BCUT2D eigenvalue weighted by Gasteiger charge is -2.40. The number of nitrogens with zero attached hydrogens (tertiary/aromatic N) is 1. The van der Waals surface area contributed by atoms with Crippen LogP contribution >= 0.6 is 0 Å². The lowest BCUT2D eigenvalue weighted by atomic mass is 9.88. The summed E-state index contributed by atoms with van der Waals surface area (Å²) in [6, 6.07) is 6.74. The van der Waals surface area contributed by atoms with Crippen molar-refractivity contribution < 1.29 is 4.39 Å². The maximum absolute atomic E-state index is 12.9. The molecular weight excluding hydrogens is 227 g/mol. The molecule has 3 heteroatoms. The summed E-state index contributed by atoms with van der Waals surface area (Å²) in [5.74, 6) is -0.189. The molecule has 1 aromatic carbocycles. The molecule has 2 rings (SSSR count). The molecule has 2 nitrogen and oxygen atoms in total. The smallest absolute Gasteiger partial charge is 0.123 e. The lowest BCUT2D eigenvalue weighted by Crippen LogP contribution is -2.55. The Balaban J connectivity index is 2.01. The molecule has 1 fully saturated rings. The number of likely N-dealkylation sites (tertiary alicyclic amines) is 1. The van der Waals surface area contributed by atoms with Gasteiger partial charge < -0.3 is 5.73 Å². The molecule has 1 heterocycles. The van der Waals surface area contributed by atoms with Crippen molar-refractivity contribution in [1.29, 1.82) is 0 Å². The fraction of sp³-hybridized carbons (Fsp3) is 0.600.